The highest BCUT2D eigenvalue weighted by Crippen LogP contribution is 2.27. The van der Waals surface area contributed by atoms with E-state index in [1.54, 1.807) is 28.7 Å². The Morgan fingerprint density at radius 2 is 2.18 bits per heavy atom. The van der Waals surface area contributed by atoms with Crippen LogP contribution in [0.25, 0.3) is 0 Å². The van der Waals surface area contributed by atoms with Gasteiger partial charge in [-0.15, -0.1) is 0 Å². The molecule has 0 radical (unpaired) electrons. The third-order valence-corrected chi connectivity index (χ3v) is 2.65. The lowest BCUT2D eigenvalue weighted by Crippen LogP contribution is -2.08. The molecule has 0 heterocycles. The number of carbonyl (C=O) groups is 1. The molecule has 1 rings (SSSR count). The number of methoxy groups -OCH3 is 1. The average molecular weight is 353 g/mol. The summed E-state index contributed by atoms with van der Waals surface area (Å²) in [5.41, 5.74) is 0.00473. The van der Waals surface area contributed by atoms with E-state index in [2.05, 4.69) is 9.47 Å². The van der Waals surface area contributed by atoms with Gasteiger partial charge in [-0.25, -0.2) is 4.79 Å². The lowest BCUT2D eigenvalue weighted by Gasteiger charge is -2.09. The van der Waals surface area contributed by atoms with E-state index in [0.717, 1.165) is 6.07 Å². The number of ether oxygens (including phenoxy) is 2. The van der Waals surface area contributed by atoms with E-state index in [4.69, 9.17) is 5.26 Å². The van der Waals surface area contributed by atoms with Gasteiger partial charge in [-0.1, -0.05) is 0 Å². The maximum Gasteiger partial charge on any atom is 0.387 e. The first kappa shape index (κ1) is 13.6. The first-order chi connectivity index (χ1) is 7.99. The van der Waals surface area contributed by atoms with Gasteiger partial charge in [0, 0.05) is 3.57 Å². The summed E-state index contributed by atoms with van der Waals surface area (Å²) in [4.78, 5) is 11.3. The number of hydrogen-bond donors (Lipinski definition) is 0. The van der Waals surface area contributed by atoms with Gasteiger partial charge in [-0.2, -0.15) is 14.0 Å². The van der Waals surface area contributed by atoms with Gasteiger partial charge in [0.1, 0.15) is 17.4 Å². The molecule has 0 unspecified atom stereocenters. The Morgan fingerprint density at radius 1 is 1.53 bits per heavy atom. The largest absolute Gasteiger partial charge is 0.465 e. The van der Waals surface area contributed by atoms with Crippen molar-refractivity contribution in [2.24, 2.45) is 0 Å². The Bertz CT molecular complexity index is 485. The van der Waals surface area contributed by atoms with Gasteiger partial charge in [0.2, 0.25) is 0 Å². The number of hydrogen-bond acceptors (Lipinski definition) is 4. The quantitative estimate of drug-likeness (QED) is 0.619. The number of nitrogens with zero attached hydrogens (tertiary/aromatic N) is 1. The molecular formula is C10H6F2INO3. The van der Waals surface area contributed by atoms with Crippen molar-refractivity contribution in [3.63, 3.8) is 0 Å². The standard InChI is InChI=1S/C10H6F2INO3/c1-16-9(15)5-2-7(13)6(4-14)8(3-5)17-10(11)12/h2-3,10H,1H3. The lowest BCUT2D eigenvalue weighted by molar-refractivity contribution is -0.0501. The SMILES string of the molecule is COC(=O)c1cc(I)c(C#N)c(OC(F)F)c1. The maximum absolute atomic E-state index is 12.1. The Kier molecular flexibility index (Phi) is 4.62. The van der Waals surface area contributed by atoms with Crippen molar-refractivity contribution in [3.8, 4) is 11.8 Å². The maximum atomic E-state index is 12.1. The molecule has 7 heteroatoms. The fourth-order valence-corrected chi connectivity index (χ4v) is 1.84. The highest BCUT2D eigenvalue weighted by atomic mass is 127. The summed E-state index contributed by atoms with van der Waals surface area (Å²) < 4.78 is 33.2. The van der Waals surface area contributed by atoms with E-state index < -0.39 is 12.6 Å². The van der Waals surface area contributed by atoms with Gasteiger partial charge in [0.05, 0.1) is 12.7 Å². The summed E-state index contributed by atoms with van der Waals surface area (Å²) in [6.07, 6.45) is 0. The van der Waals surface area contributed by atoms with Crippen LogP contribution in [0.15, 0.2) is 12.1 Å². The van der Waals surface area contributed by atoms with E-state index in [9.17, 15) is 13.6 Å². The lowest BCUT2D eigenvalue weighted by atomic mass is 10.1. The molecule has 0 saturated heterocycles. The van der Waals surface area contributed by atoms with Gasteiger partial charge >= 0.3 is 12.6 Å². The van der Waals surface area contributed by atoms with E-state index in [1.165, 1.54) is 13.2 Å². The zero-order valence-electron chi connectivity index (χ0n) is 8.54. The van der Waals surface area contributed by atoms with E-state index in [0.29, 0.717) is 3.57 Å². The molecule has 4 nitrogen and oxygen atoms in total. The number of esters is 1. The van der Waals surface area contributed by atoms with Crippen LogP contribution in [0.3, 0.4) is 0 Å². The highest BCUT2D eigenvalue weighted by Gasteiger charge is 2.17. The van der Waals surface area contributed by atoms with Crippen LogP contribution in [-0.2, 0) is 4.74 Å². The summed E-state index contributed by atoms with van der Waals surface area (Å²) in [5, 5.41) is 8.80. The minimum absolute atomic E-state index is 0.0430. The van der Waals surface area contributed by atoms with Crippen molar-refractivity contribution >= 4 is 28.6 Å². The average Bonchev–Trinajstić information content (AvgIpc) is 2.26. The number of alkyl halides is 2. The normalized spacial score (nSPS) is 9.88. The van der Waals surface area contributed by atoms with Crippen LogP contribution in [0.5, 0.6) is 5.75 Å². The number of carbonyl (C=O) groups excluding carboxylic acids is 1. The highest BCUT2D eigenvalue weighted by molar-refractivity contribution is 14.1. The third-order valence-electron chi connectivity index (χ3n) is 1.80. The van der Waals surface area contributed by atoms with Crippen LogP contribution in [-0.4, -0.2) is 19.7 Å². The smallest absolute Gasteiger partial charge is 0.387 e. The number of halogens is 3. The molecule has 0 aliphatic carbocycles. The third kappa shape index (κ3) is 3.26. The summed E-state index contributed by atoms with van der Waals surface area (Å²) >= 11 is 1.75. The van der Waals surface area contributed by atoms with Crippen LogP contribution in [0.4, 0.5) is 8.78 Å². The first-order valence-electron chi connectivity index (χ1n) is 4.26. The second-order valence-electron chi connectivity index (χ2n) is 2.81. The minimum Gasteiger partial charge on any atom is -0.465 e. The van der Waals surface area contributed by atoms with Crippen molar-refractivity contribution < 1.29 is 23.0 Å². The Labute approximate surface area is 109 Å². The van der Waals surface area contributed by atoms with Crippen LogP contribution in [0.2, 0.25) is 0 Å². The van der Waals surface area contributed by atoms with Gasteiger partial charge in [0.25, 0.3) is 0 Å². The minimum atomic E-state index is -3.06. The molecule has 0 amide bonds. The molecule has 0 spiro atoms. The molecule has 1 aromatic rings. The molecular weight excluding hydrogens is 347 g/mol. The Balaban J connectivity index is 3.29. The molecule has 1 aromatic carbocycles. The number of rotatable bonds is 3. The fourth-order valence-electron chi connectivity index (χ4n) is 1.11. The van der Waals surface area contributed by atoms with Crippen molar-refractivity contribution in [1.29, 1.82) is 5.26 Å². The zero-order valence-corrected chi connectivity index (χ0v) is 10.7. The molecule has 90 valence electrons. The molecule has 0 saturated carbocycles. The van der Waals surface area contributed by atoms with Gasteiger partial charge in [0.15, 0.2) is 0 Å². The van der Waals surface area contributed by atoms with Gasteiger partial charge in [-0.3, -0.25) is 0 Å². The molecule has 0 aliphatic rings. The number of benzene rings is 1. The van der Waals surface area contributed by atoms with Crippen molar-refractivity contribution in [2.45, 2.75) is 6.61 Å². The van der Waals surface area contributed by atoms with Crippen LogP contribution >= 0.6 is 22.6 Å². The molecule has 0 aromatic heterocycles. The van der Waals surface area contributed by atoms with E-state index >= 15 is 0 Å². The summed E-state index contributed by atoms with van der Waals surface area (Å²) in [5.74, 6) is -1.03. The van der Waals surface area contributed by atoms with Crippen molar-refractivity contribution in [3.05, 3.63) is 26.8 Å². The molecule has 0 atom stereocenters. The molecule has 17 heavy (non-hydrogen) atoms. The topological polar surface area (TPSA) is 59.3 Å². The summed E-state index contributed by atoms with van der Waals surface area (Å²) in [6.45, 7) is -3.06. The van der Waals surface area contributed by atoms with Crippen molar-refractivity contribution in [1.82, 2.24) is 0 Å². The zero-order chi connectivity index (χ0) is 13.0. The Morgan fingerprint density at radius 3 is 2.65 bits per heavy atom. The molecule has 0 fully saturated rings. The summed E-state index contributed by atoms with van der Waals surface area (Å²) in [6, 6.07) is 4.15. The second kappa shape index (κ2) is 5.77. The van der Waals surface area contributed by atoms with Crippen LogP contribution < -0.4 is 4.74 Å². The predicted octanol–water partition coefficient (Wildman–Crippen LogP) is 2.55. The monoisotopic (exact) mass is 353 g/mol. The van der Waals surface area contributed by atoms with Gasteiger partial charge in [-0.05, 0) is 34.7 Å². The van der Waals surface area contributed by atoms with Crippen molar-refractivity contribution in [2.75, 3.05) is 7.11 Å². The molecule has 0 N–H and O–H groups in total. The second-order valence-corrected chi connectivity index (χ2v) is 3.98. The van der Waals surface area contributed by atoms with E-state index in [-0.39, 0.29) is 16.9 Å². The predicted molar refractivity (Wildman–Crippen MR) is 61.8 cm³/mol. The van der Waals surface area contributed by atoms with Gasteiger partial charge < -0.3 is 9.47 Å². The molecule has 0 aliphatic heterocycles. The summed E-state index contributed by atoms with van der Waals surface area (Å²) in [7, 11) is 1.17. The fraction of sp³-hybridized carbons (Fsp3) is 0.200. The van der Waals surface area contributed by atoms with Crippen LogP contribution in [0.1, 0.15) is 15.9 Å². The van der Waals surface area contributed by atoms with Crippen LogP contribution in [0, 0.1) is 14.9 Å². The first-order valence-corrected chi connectivity index (χ1v) is 5.34. The van der Waals surface area contributed by atoms with E-state index in [1.807, 2.05) is 0 Å². The number of nitriles is 1. The Hall–Kier alpha value is -1.43. The molecule has 0 bridgehead atoms.